The maximum absolute atomic E-state index is 12.5. The number of benzene rings is 6. The van der Waals surface area contributed by atoms with Gasteiger partial charge < -0.3 is 143 Å². The average Bonchev–Trinajstić information content (AvgIpc) is 1.58. The van der Waals surface area contributed by atoms with Gasteiger partial charge in [0.05, 0.1) is 88.2 Å². The predicted molar refractivity (Wildman–Crippen MR) is 515 cm³/mol. The van der Waals surface area contributed by atoms with Crippen LogP contribution in [0.1, 0.15) is 165 Å². The molecule has 4 heterocycles. The third-order valence-electron chi connectivity index (χ3n) is 21.4. The van der Waals surface area contributed by atoms with E-state index < -0.39 is 58.7 Å². The molecule has 764 valence electrons. The number of aromatic hydroxyl groups is 4. The number of phenols is 4. The molecule has 19 N–H and O–H groups in total. The lowest BCUT2D eigenvalue weighted by Crippen LogP contribution is -2.35. The highest BCUT2D eigenvalue weighted by atomic mass is 32.1. The lowest BCUT2D eigenvalue weighted by molar-refractivity contribution is -0.147. The molecule has 4 aliphatic rings. The van der Waals surface area contributed by atoms with Crippen LogP contribution in [0.25, 0.3) is 11.1 Å². The number of carbonyl (C=O) groups is 12. The fourth-order valence-electron chi connectivity index (χ4n) is 14.3. The van der Waals surface area contributed by atoms with Crippen LogP contribution in [-0.4, -0.2) is 251 Å². The molecule has 0 unspecified atom stereocenters. The molecule has 0 fully saturated rings. The number of amides is 6. The highest BCUT2D eigenvalue weighted by Gasteiger charge is 2.55. The van der Waals surface area contributed by atoms with Crippen molar-refractivity contribution in [2.24, 2.45) is 35.0 Å². The van der Waals surface area contributed by atoms with Gasteiger partial charge in [-0.1, -0.05) is 81.1 Å². The Balaban J connectivity index is 0.000000280. The van der Waals surface area contributed by atoms with Crippen molar-refractivity contribution in [1.82, 2.24) is 47.4 Å². The summed E-state index contributed by atoms with van der Waals surface area (Å²) in [6.07, 6.45) is 7.42. The van der Waals surface area contributed by atoms with E-state index in [0.717, 1.165) is 25.3 Å². The summed E-state index contributed by atoms with van der Waals surface area (Å²) in [5, 5.41) is 60.9. The number of nitrogens with zero attached hydrogens (tertiary/aromatic N) is 4. The minimum absolute atomic E-state index is 0.0371. The van der Waals surface area contributed by atoms with Gasteiger partial charge in [0.15, 0.2) is 17.0 Å². The Bertz CT molecular complexity index is 5030. The first-order chi connectivity index (χ1) is 67.7. The maximum Gasteiger partial charge on any atom is 0.344 e. The minimum Gasteiger partial charge on any atom is -0.508 e. The number of hydrogen-bond acceptors (Lipinski definition) is 34. The van der Waals surface area contributed by atoms with E-state index in [9.17, 15) is 78.0 Å². The second-order valence-electron chi connectivity index (χ2n) is 32.3. The van der Waals surface area contributed by atoms with Crippen LogP contribution in [0.4, 0.5) is 0 Å². The van der Waals surface area contributed by atoms with Crippen LogP contribution in [-0.2, 0) is 102 Å². The first-order valence-corrected chi connectivity index (χ1v) is 46.2. The van der Waals surface area contributed by atoms with Crippen molar-refractivity contribution in [3.8, 4) is 46.0 Å². The Kier molecular flexibility index (Phi) is 51.4. The van der Waals surface area contributed by atoms with Crippen molar-refractivity contribution in [3.05, 3.63) is 202 Å². The molecule has 2 spiro atoms. The van der Waals surface area contributed by atoms with Gasteiger partial charge >= 0.3 is 30.3 Å². The Hall–Kier alpha value is -14.2. The van der Waals surface area contributed by atoms with E-state index in [0.29, 0.717) is 249 Å². The molecule has 44 heteroatoms. The zero-order valence-corrected chi connectivity index (χ0v) is 80.3. The Morgan fingerprint density at radius 3 is 1.13 bits per heavy atom. The van der Waals surface area contributed by atoms with Gasteiger partial charge in [-0.25, -0.2) is 14.4 Å². The summed E-state index contributed by atoms with van der Waals surface area (Å²) in [4.78, 5) is 153. The van der Waals surface area contributed by atoms with Crippen molar-refractivity contribution in [3.63, 3.8) is 0 Å². The molecule has 0 bridgehead atoms. The van der Waals surface area contributed by atoms with Gasteiger partial charge in [0.2, 0.25) is 41.2 Å². The smallest absolute Gasteiger partial charge is 0.344 e. The van der Waals surface area contributed by atoms with Crippen LogP contribution < -0.4 is 74.1 Å². The fourth-order valence-corrected chi connectivity index (χ4v) is 14.4. The van der Waals surface area contributed by atoms with Crippen molar-refractivity contribution in [2.75, 3.05) is 132 Å². The zero-order valence-electron chi connectivity index (χ0n) is 79.4. The van der Waals surface area contributed by atoms with E-state index in [1.807, 2.05) is 29.2 Å². The average molecular weight is 1980 g/mol. The number of nitrogens with two attached hydrogens (primary N) is 3. The number of fused-ring (bicyclic) bond motifs is 12. The first kappa shape index (κ1) is 116. The van der Waals surface area contributed by atoms with Crippen molar-refractivity contribution in [2.45, 2.75) is 128 Å². The molecule has 0 aromatic heterocycles. The molecular formula is C97H128N16O27S. The van der Waals surface area contributed by atoms with Gasteiger partial charge in [-0.2, -0.15) is 9.58 Å². The van der Waals surface area contributed by atoms with Gasteiger partial charge in [-0.3, -0.25) is 43.2 Å². The van der Waals surface area contributed by atoms with Gasteiger partial charge in [-0.05, 0) is 125 Å². The second kappa shape index (κ2) is 62.7. The first-order valence-electron chi connectivity index (χ1n) is 45.7. The number of nitrogens with one attached hydrogen (secondary N) is 9. The molecule has 6 aromatic rings. The largest absolute Gasteiger partial charge is 0.508 e. The van der Waals surface area contributed by atoms with Crippen LogP contribution in [0.2, 0.25) is 0 Å². The van der Waals surface area contributed by atoms with Gasteiger partial charge in [-0.15, -0.1) is 0 Å². The van der Waals surface area contributed by atoms with E-state index in [-0.39, 0.29) is 102 Å². The summed E-state index contributed by atoms with van der Waals surface area (Å²) in [7, 11) is 0. The van der Waals surface area contributed by atoms with Gasteiger partial charge in [0, 0.05) is 174 Å². The SMILES string of the molecule is C=C(N)NCCC[C@H](CC(=O)CNC(=O)[C@@H](C)CCC(=O)NCCCOCCOCCOCCCNC(C)=O)C(=O)C=[N+]=[N-].C=C(N)NCCC[C@H](N)C(=O)C=[N+]=[N-].CC(=O)NCCCOCCOCCOCCCNC(=O)CC[C@H](C)C(=O)NCC(=O)ONS.O=C1OC2(c3ccc(O)cc3Oc3cc(O)ccc32)c2ccccc21.O=C1OC2(c3ccc(O)cc3Oc3cc(O)ccc32)c2ccccc21. The highest BCUT2D eigenvalue weighted by Crippen LogP contribution is 2.59. The number of thiol groups is 1. The molecule has 0 saturated heterocycles. The van der Waals surface area contributed by atoms with Gasteiger partial charge in [0.25, 0.3) is 5.78 Å². The minimum atomic E-state index is -1.17. The Labute approximate surface area is 821 Å². The number of hydrogen-bond donors (Lipinski definition) is 17. The number of ether oxygens (including phenoxy) is 10. The summed E-state index contributed by atoms with van der Waals surface area (Å²) in [5.41, 5.74) is 35.5. The van der Waals surface area contributed by atoms with Crippen molar-refractivity contribution in [1.29, 1.82) is 0 Å². The molecule has 4 atom stereocenters. The summed E-state index contributed by atoms with van der Waals surface area (Å²) in [6, 6.07) is 32.5. The number of carbonyl (C=O) groups excluding carboxylic acids is 12. The fraction of sp³-hybridized carbons (Fsp3) is 0.443. The Morgan fingerprint density at radius 2 is 0.773 bits per heavy atom. The van der Waals surface area contributed by atoms with Crippen LogP contribution in [0.15, 0.2) is 146 Å². The Morgan fingerprint density at radius 1 is 0.440 bits per heavy atom. The molecule has 4 aliphatic heterocycles. The van der Waals surface area contributed by atoms with Crippen LogP contribution >= 0.6 is 12.8 Å². The van der Waals surface area contributed by atoms with E-state index >= 15 is 0 Å². The topological polar surface area (TPSA) is 646 Å². The number of Topliss-reactive ketones (excluding diaryl/α,β-unsaturated/α-hetero) is 3. The van der Waals surface area contributed by atoms with Crippen LogP contribution in [0.5, 0.6) is 46.0 Å². The lowest BCUT2D eigenvalue weighted by Gasteiger charge is -2.36. The molecule has 0 aliphatic carbocycles. The summed E-state index contributed by atoms with van der Waals surface area (Å²) >= 11 is 3.51. The van der Waals surface area contributed by atoms with Gasteiger partial charge in [0.1, 0.15) is 52.5 Å². The molecule has 141 heavy (non-hydrogen) atoms. The zero-order chi connectivity index (χ0) is 103. The lowest BCUT2D eigenvalue weighted by atomic mass is 9.77. The van der Waals surface area contributed by atoms with E-state index in [1.54, 1.807) is 62.4 Å². The maximum atomic E-state index is 12.5. The highest BCUT2D eigenvalue weighted by molar-refractivity contribution is 7.77. The molecule has 0 radical (unpaired) electrons. The molecule has 43 nitrogen and oxygen atoms in total. The number of esters is 2. The normalized spacial score (nSPS) is 13.1. The summed E-state index contributed by atoms with van der Waals surface area (Å²) < 4.78 is 56.0. The monoisotopic (exact) mass is 1980 g/mol. The summed E-state index contributed by atoms with van der Waals surface area (Å²) in [6.45, 7) is 21.8. The number of ketones is 3. The standard InChI is InChI=1S/C29H51N7O8.C20H38N4O8S.2C20H12O5.C8H15N5O/c1-22(29(41)35-20-26(38)19-25(27(39)21-36-31)7-4-10-32-23(2)30)8-9-28(40)34-12-6-14-43-16-18-44-17-15-42-13-5-11-33-24(3)37;1-16(20(28)23-15-19(27)32-24-33)5-6-18(26)22-8-4-10-30-12-14-31-13-11-29-9-3-7-21-17(2)25;2*21-11-5-7-15-17(9-11)24-18-10-12(22)6-8-16(18)20(15)14-4-2-1-3-13(14)19(23)25-20;1-6(9)12-4-2-3-7(10)8(14)5-13-11/h21-22,25,32H,2,4-20,30H2,1,3H3,(H,33,37)(H,34,40)(H,35,41);16,24,33H,3-15H2,1-2H3,(H,21,25)(H,22,26)(H,23,28);2*1-10,21-22H;5,7,12H,1-4,9-10H2/t22-,25+;16-;;;7-/m00..0/s1. The van der Waals surface area contributed by atoms with Crippen LogP contribution in [0, 0.1) is 17.8 Å². The molecule has 6 amide bonds. The van der Waals surface area contributed by atoms with Crippen LogP contribution in [0.3, 0.4) is 0 Å². The third kappa shape index (κ3) is 39.6. The van der Waals surface area contributed by atoms with E-state index in [1.165, 1.54) is 62.4 Å². The van der Waals surface area contributed by atoms with E-state index in [4.69, 9.17) is 75.6 Å². The van der Waals surface area contributed by atoms with E-state index in [2.05, 4.69) is 82.9 Å². The molecule has 6 aromatic carbocycles. The van der Waals surface area contributed by atoms with Crippen molar-refractivity contribution < 1.29 is 140 Å². The summed E-state index contributed by atoms with van der Waals surface area (Å²) in [5.74, 6) is -3.07. The number of rotatable bonds is 57. The molecule has 10 rings (SSSR count). The van der Waals surface area contributed by atoms with Crippen molar-refractivity contribution >= 4 is 95.9 Å². The quantitative estimate of drug-likeness (QED) is 0.00320. The third-order valence-corrected chi connectivity index (χ3v) is 21.5. The predicted octanol–water partition coefficient (Wildman–Crippen LogP) is 5.65. The number of phenolic OH excluding ortho intramolecular Hbond substituents is 4. The second-order valence-corrected chi connectivity index (χ2v) is 32.5. The molecule has 0 saturated carbocycles. The molecular weight excluding hydrogens is 1850 g/mol.